The van der Waals surface area contributed by atoms with Crippen LogP contribution in [0.15, 0.2) is 0 Å². The standard InChI is InChI=1S/C13H24N2O3/c1-11(12-2-6-17-7-3-12)14-10-13(16)15-4-8-18-9-5-15/h11-12,14H,2-10H2,1H3/t11-/m0/s1. The fourth-order valence-corrected chi connectivity index (χ4v) is 2.56. The van der Waals surface area contributed by atoms with Gasteiger partial charge in [-0.25, -0.2) is 0 Å². The van der Waals surface area contributed by atoms with E-state index in [-0.39, 0.29) is 5.91 Å². The summed E-state index contributed by atoms with van der Waals surface area (Å²) in [5, 5.41) is 3.36. The van der Waals surface area contributed by atoms with Crippen LogP contribution in [-0.2, 0) is 14.3 Å². The minimum Gasteiger partial charge on any atom is -0.381 e. The lowest BCUT2D eigenvalue weighted by Crippen LogP contribution is -2.47. The maximum Gasteiger partial charge on any atom is 0.236 e. The van der Waals surface area contributed by atoms with E-state index in [1.165, 1.54) is 0 Å². The lowest BCUT2D eigenvalue weighted by Gasteiger charge is -2.30. The molecular formula is C13H24N2O3. The van der Waals surface area contributed by atoms with Crippen LogP contribution < -0.4 is 5.32 Å². The molecule has 0 spiro atoms. The second kappa shape index (κ2) is 7.07. The van der Waals surface area contributed by atoms with Crippen LogP contribution in [0, 0.1) is 5.92 Å². The second-order valence-electron chi connectivity index (χ2n) is 5.11. The SMILES string of the molecule is C[C@H](NCC(=O)N1CCOCC1)C1CCOCC1. The number of amides is 1. The summed E-state index contributed by atoms with van der Waals surface area (Å²) in [4.78, 5) is 13.9. The highest BCUT2D eigenvalue weighted by Gasteiger charge is 2.22. The summed E-state index contributed by atoms with van der Waals surface area (Å²) in [5.74, 6) is 0.827. The molecule has 1 atom stereocenters. The molecule has 2 aliphatic heterocycles. The molecule has 0 unspecified atom stereocenters. The molecule has 1 amide bonds. The van der Waals surface area contributed by atoms with Gasteiger partial charge in [0.05, 0.1) is 19.8 Å². The first kappa shape index (κ1) is 13.8. The molecule has 2 rings (SSSR count). The highest BCUT2D eigenvalue weighted by molar-refractivity contribution is 5.78. The maximum atomic E-state index is 12.0. The van der Waals surface area contributed by atoms with Crippen molar-refractivity contribution in [2.75, 3.05) is 46.1 Å². The predicted octanol–water partition coefficient (Wildman–Crippen LogP) is 0.250. The topological polar surface area (TPSA) is 50.8 Å². The van der Waals surface area contributed by atoms with E-state index in [4.69, 9.17) is 9.47 Å². The van der Waals surface area contributed by atoms with Crippen LogP contribution in [0.25, 0.3) is 0 Å². The van der Waals surface area contributed by atoms with Crippen LogP contribution in [0.4, 0.5) is 0 Å². The van der Waals surface area contributed by atoms with Gasteiger partial charge >= 0.3 is 0 Å². The molecule has 0 aliphatic carbocycles. The van der Waals surface area contributed by atoms with Gasteiger partial charge < -0.3 is 19.7 Å². The minimum atomic E-state index is 0.192. The van der Waals surface area contributed by atoms with E-state index >= 15 is 0 Å². The molecule has 0 saturated carbocycles. The number of hydrogen-bond donors (Lipinski definition) is 1. The minimum absolute atomic E-state index is 0.192. The van der Waals surface area contributed by atoms with Crippen LogP contribution in [0.1, 0.15) is 19.8 Å². The zero-order chi connectivity index (χ0) is 12.8. The summed E-state index contributed by atoms with van der Waals surface area (Å²) >= 11 is 0. The molecule has 2 saturated heterocycles. The number of nitrogens with one attached hydrogen (secondary N) is 1. The van der Waals surface area contributed by atoms with Crippen molar-refractivity contribution in [2.24, 2.45) is 5.92 Å². The Morgan fingerprint density at radius 2 is 1.83 bits per heavy atom. The van der Waals surface area contributed by atoms with Crippen molar-refractivity contribution in [3.05, 3.63) is 0 Å². The number of ether oxygens (including phenoxy) is 2. The lowest BCUT2D eigenvalue weighted by molar-refractivity contribution is -0.134. The highest BCUT2D eigenvalue weighted by atomic mass is 16.5. The van der Waals surface area contributed by atoms with Crippen molar-refractivity contribution in [1.29, 1.82) is 0 Å². The molecule has 18 heavy (non-hydrogen) atoms. The van der Waals surface area contributed by atoms with Crippen LogP contribution in [0.3, 0.4) is 0 Å². The molecular weight excluding hydrogens is 232 g/mol. The molecule has 2 fully saturated rings. The Hall–Kier alpha value is -0.650. The fourth-order valence-electron chi connectivity index (χ4n) is 2.56. The highest BCUT2D eigenvalue weighted by Crippen LogP contribution is 2.18. The first-order valence-corrected chi connectivity index (χ1v) is 6.94. The van der Waals surface area contributed by atoms with Gasteiger partial charge in [0.25, 0.3) is 0 Å². The van der Waals surface area contributed by atoms with E-state index in [1.807, 2.05) is 4.90 Å². The van der Waals surface area contributed by atoms with Crippen LogP contribution in [-0.4, -0.2) is 62.9 Å². The molecule has 0 aromatic rings. The van der Waals surface area contributed by atoms with Crippen molar-refractivity contribution >= 4 is 5.91 Å². The first-order valence-electron chi connectivity index (χ1n) is 6.94. The van der Waals surface area contributed by atoms with Crippen molar-refractivity contribution in [3.63, 3.8) is 0 Å². The smallest absolute Gasteiger partial charge is 0.236 e. The third-order valence-corrected chi connectivity index (χ3v) is 3.91. The van der Waals surface area contributed by atoms with Crippen molar-refractivity contribution in [3.8, 4) is 0 Å². The fraction of sp³-hybridized carbons (Fsp3) is 0.923. The molecule has 5 nitrogen and oxygen atoms in total. The largest absolute Gasteiger partial charge is 0.381 e. The number of carbonyl (C=O) groups excluding carboxylic acids is 1. The van der Waals surface area contributed by atoms with Crippen molar-refractivity contribution in [2.45, 2.75) is 25.8 Å². The maximum absolute atomic E-state index is 12.0. The van der Waals surface area contributed by atoms with E-state index in [1.54, 1.807) is 0 Å². The van der Waals surface area contributed by atoms with Gasteiger partial charge in [-0.1, -0.05) is 0 Å². The van der Waals surface area contributed by atoms with Crippen molar-refractivity contribution in [1.82, 2.24) is 10.2 Å². The predicted molar refractivity (Wildman–Crippen MR) is 68.4 cm³/mol. The Kier molecular flexibility index (Phi) is 5.41. The van der Waals surface area contributed by atoms with E-state index in [2.05, 4.69) is 12.2 Å². The number of hydrogen-bond acceptors (Lipinski definition) is 4. The summed E-state index contributed by atoms with van der Waals surface area (Å²) in [6, 6.07) is 0.388. The van der Waals surface area contributed by atoms with Gasteiger partial charge in [-0.15, -0.1) is 0 Å². The molecule has 5 heteroatoms. The summed E-state index contributed by atoms with van der Waals surface area (Å²) in [6.45, 7) is 7.12. The number of rotatable bonds is 4. The lowest BCUT2D eigenvalue weighted by atomic mass is 9.93. The molecule has 0 aromatic heterocycles. The molecule has 0 radical (unpaired) electrons. The average Bonchev–Trinajstić information content (AvgIpc) is 2.46. The quantitative estimate of drug-likeness (QED) is 0.783. The third kappa shape index (κ3) is 3.93. The molecule has 1 N–H and O–H groups in total. The van der Waals surface area contributed by atoms with Gasteiger partial charge in [0, 0.05) is 32.3 Å². The van der Waals surface area contributed by atoms with Gasteiger partial charge in [-0.2, -0.15) is 0 Å². The van der Waals surface area contributed by atoms with Gasteiger partial charge in [-0.05, 0) is 25.7 Å². The molecule has 2 aliphatic rings. The van der Waals surface area contributed by atoms with E-state index in [0.29, 0.717) is 31.7 Å². The summed E-state index contributed by atoms with van der Waals surface area (Å²) in [6.07, 6.45) is 2.19. The molecule has 0 aromatic carbocycles. The summed E-state index contributed by atoms with van der Waals surface area (Å²) < 4.78 is 10.6. The van der Waals surface area contributed by atoms with Gasteiger partial charge in [0.1, 0.15) is 0 Å². The molecule has 0 bridgehead atoms. The zero-order valence-electron chi connectivity index (χ0n) is 11.2. The summed E-state index contributed by atoms with van der Waals surface area (Å²) in [5.41, 5.74) is 0. The van der Waals surface area contributed by atoms with Crippen LogP contribution >= 0.6 is 0 Å². The Balaban J connectivity index is 1.67. The van der Waals surface area contributed by atoms with E-state index < -0.39 is 0 Å². The van der Waals surface area contributed by atoms with Crippen molar-refractivity contribution < 1.29 is 14.3 Å². The first-order chi connectivity index (χ1) is 8.77. The van der Waals surface area contributed by atoms with Gasteiger partial charge in [0.2, 0.25) is 5.91 Å². The summed E-state index contributed by atoms with van der Waals surface area (Å²) in [7, 11) is 0. The van der Waals surface area contributed by atoms with Gasteiger partial charge in [-0.3, -0.25) is 4.79 Å². The van der Waals surface area contributed by atoms with Gasteiger partial charge in [0.15, 0.2) is 0 Å². The Bertz CT molecular complexity index is 261. The second-order valence-corrected chi connectivity index (χ2v) is 5.11. The van der Waals surface area contributed by atoms with Crippen LogP contribution in [0.5, 0.6) is 0 Å². The Morgan fingerprint density at radius 1 is 1.22 bits per heavy atom. The molecule has 2 heterocycles. The van der Waals surface area contributed by atoms with E-state index in [9.17, 15) is 4.79 Å². The molecule has 104 valence electrons. The number of nitrogens with zero attached hydrogens (tertiary/aromatic N) is 1. The normalized spacial score (nSPS) is 23.9. The monoisotopic (exact) mass is 256 g/mol. The number of carbonyl (C=O) groups is 1. The van der Waals surface area contributed by atoms with E-state index in [0.717, 1.165) is 39.1 Å². The van der Waals surface area contributed by atoms with Crippen LogP contribution in [0.2, 0.25) is 0 Å². The average molecular weight is 256 g/mol. The third-order valence-electron chi connectivity index (χ3n) is 3.91. The zero-order valence-corrected chi connectivity index (χ0v) is 11.2. The Morgan fingerprint density at radius 3 is 2.50 bits per heavy atom. The number of morpholine rings is 1. The Labute approximate surface area is 109 Å².